The Morgan fingerprint density at radius 2 is 1.74 bits per heavy atom. The SMILES string of the molecule is CC(O)CC(C)(C)CNC(=O)NCc1ccc(C(F)(F)F)cc1. The number of rotatable bonds is 6. The summed E-state index contributed by atoms with van der Waals surface area (Å²) < 4.78 is 37.3. The van der Waals surface area contributed by atoms with Gasteiger partial charge in [0.05, 0.1) is 11.7 Å². The highest BCUT2D eigenvalue weighted by atomic mass is 19.4. The van der Waals surface area contributed by atoms with Gasteiger partial charge in [0.1, 0.15) is 0 Å². The van der Waals surface area contributed by atoms with Gasteiger partial charge in [0.25, 0.3) is 0 Å². The van der Waals surface area contributed by atoms with Crippen LogP contribution in [0.2, 0.25) is 0 Å². The summed E-state index contributed by atoms with van der Waals surface area (Å²) in [6.45, 7) is 6.07. The van der Waals surface area contributed by atoms with E-state index in [1.165, 1.54) is 12.1 Å². The molecule has 1 aromatic rings. The van der Waals surface area contributed by atoms with Gasteiger partial charge in [-0.3, -0.25) is 0 Å². The number of amides is 2. The van der Waals surface area contributed by atoms with E-state index in [2.05, 4.69) is 10.6 Å². The van der Waals surface area contributed by atoms with E-state index in [0.717, 1.165) is 12.1 Å². The molecule has 0 aromatic heterocycles. The Labute approximate surface area is 134 Å². The first-order valence-electron chi connectivity index (χ1n) is 7.35. The molecule has 0 aliphatic carbocycles. The molecule has 0 aliphatic rings. The molecule has 0 aliphatic heterocycles. The molecule has 3 N–H and O–H groups in total. The molecule has 4 nitrogen and oxygen atoms in total. The smallest absolute Gasteiger partial charge is 0.393 e. The Kier molecular flexibility index (Phi) is 6.44. The van der Waals surface area contributed by atoms with Crippen LogP contribution in [0.15, 0.2) is 24.3 Å². The van der Waals surface area contributed by atoms with Crippen LogP contribution in [-0.4, -0.2) is 23.8 Å². The lowest BCUT2D eigenvalue weighted by molar-refractivity contribution is -0.137. The minimum Gasteiger partial charge on any atom is -0.393 e. The summed E-state index contributed by atoms with van der Waals surface area (Å²) >= 11 is 0. The van der Waals surface area contributed by atoms with Gasteiger partial charge in [-0.25, -0.2) is 4.79 Å². The molecule has 1 atom stereocenters. The molecule has 0 bridgehead atoms. The molecule has 130 valence electrons. The number of aliphatic hydroxyl groups is 1. The third-order valence-electron chi connectivity index (χ3n) is 3.31. The van der Waals surface area contributed by atoms with Crippen LogP contribution >= 0.6 is 0 Å². The molecule has 7 heteroatoms. The van der Waals surface area contributed by atoms with Crippen LogP contribution in [0.1, 0.15) is 38.3 Å². The number of hydrogen-bond acceptors (Lipinski definition) is 2. The molecule has 2 amide bonds. The summed E-state index contributed by atoms with van der Waals surface area (Å²) in [5.74, 6) is 0. The van der Waals surface area contributed by atoms with E-state index in [0.29, 0.717) is 18.5 Å². The Morgan fingerprint density at radius 1 is 1.17 bits per heavy atom. The average molecular weight is 332 g/mol. The van der Waals surface area contributed by atoms with E-state index >= 15 is 0 Å². The fraction of sp³-hybridized carbons (Fsp3) is 0.562. The summed E-state index contributed by atoms with van der Waals surface area (Å²) in [4.78, 5) is 11.7. The molecule has 23 heavy (non-hydrogen) atoms. The molecule has 0 spiro atoms. The molecule has 0 heterocycles. The first-order chi connectivity index (χ1) is 10.5. The van der Waals surface area contributed by atoms with Gasteiger partial charge in [-0.2, -0.15) is 13.2 Å². The molecule has 0 radical (unpaired) electrons. The van der Waals surface area contributed by atoms with Crippen molar-refractivity contribution in [1.82, 2.24) is 10.6 Å². The highest BCUT2D eigenvalue weighted by Crippen LogP contribution is 2.29. The second-order valence-corrected chi connectivity index (χ2v) is 6.45. The molecule has 0 saturated carbocycles. The van der Waals surface area contributed by atoms with Crippen molar-refractivity contribution in [2.24, 2.45) is 5.41 Å². The van der Waals surface area contributed by atoms with Crippen LogP contribution in [0.4, 0.5) is 18.0 Å². The van der Waals surface area contributed by atoms with Crippen LogP contribution in [-0.2, 0) is 12.7 Å². The second-order valence-electron chi connectivity index (χ2n) is 6.45. The van der Waals surface area contributed by atoms with E-state index in [9.17, 15) is 23.1 Å². The number of halogens is 3. The first-order valence-corrected chi connectivity index (χ1v) is 7.35. The zero-order chi connectivity index (χ0) is 17.7. The lowest BCUT2D eigenvalue weighted by Gasteiger charge is -2.26. The van der Waals surface area contributed by atoms with Gasteiger partial charge in [-0.15, -0.1) is 0 Å². The average Bonchev–Trinajstić information content (AvgIpc) is 2.41. The zero-order valence-corrected chi connectivity index (χ0v) is 13.5. The van der Waals surface area contributed by atoms with Crippen molar-refractivity contribution in [3.8, 4) is 0 Å². The van der Waals surface area contributed by atoms with Crippen molar-refractivity contribution < 1.29 is 23.1 Å². The number of nitrogens with one attached hydrogen (secondary N) is 2. The van der Waals surface area contributed by atoms with Gasteiger partial charge in [0.15, 0.2) is 0 Å². The monoisotopic (exact) mass is 332 g/mol. The van der Waals surface area contributed by atoms with Gasteiger partial charge in [-0.05, 0) is 36.5 Å². The largest absolute Gasteiger partial charge is 0.416 e. The number of aliphatic hydroxyl groups excluding tert-OH is 1. The van der Waals surface area contributed by atoms with Crippen LogP contribution in [0.25, 0.3) is 0 Å². The van der Waals surface area contributed by atoms with E-state index < -0.39 is 23.9 Å². The summed E-state index contributed by atoms with van der Waals surface area (Å²) in [6, 6.07) is 4.24. The maximum absolute atomic E-state index is 12.4. The fourth-order valence-corrected chi connectivity index (χ4v) is 2.25. The van der Waals surface area contributed by atoms with Gasteiger partial charge >= 0.3 is 12.2 Å². The van der Waals surface area contributed by atoms with E-state index in [-0.39, 0.29) is 12.0 Å². The Morgan fingerprint density at radius 3 is 2.22 bits per heavy atom. The van der Waals surface area contributed by atoms with Crippen molar-refractivity contribution in [3.63, 3.8) is 0 Å². The van der Waals surface area contributed by atoms with E-state index in [1.54, 1.807) is 6.92 Å². The van der Waals surface area contributed by atoms with Gasteiger partial charge < -0.3 is 15.7 Å². The summed E-state index contributed by atoms with van der Waals surface area (Å²) in [5, 5.41) is 14.7. The van der Waals surface area contributed by atoms with E-state index in [4.69, 9.17) is 0 Å². The molecule has 1 unspecified atom stereocenters. The normalized spacial score (nSPS) is 13.5. The third kappa shape index (κ3) is 7.36. The quantitative estimate of drug-likeness (QED) is 0.748. The van der Waals surface area contributed by atoms with Crippen LogP contribution in [0, 0.1) is 5.41 Å². The van der Waals surface area contributed by atoms with Gasteiger partial charge in [0.2, 0.25) is 0 Å². The molecular weight excluding hydrogens is 309 g/mol. The summed E-state index contributed by atoms with van der Waals surface area (Å²) in [5.41, 5.74) is -0.387. The fourth-order valence-electron chi connectivity index (χ4n) is 2.25. The maximum Gasteiger partial charge on any atom is 0.416 e. The third-order valence-corrected chi connectivity index (χ3v) is 3.31. The Hall–Kier alpha value is -1.76. The number of urea groups is 1. The van der Waals surface area contributed by atoms with Crippen molar-refractivity contribution in [1.29, 1.82) is 0 Å². The number of alkyl halides is 3. The topological polar surface area (TPSA) is 61.4 Å². The van der Waals surface area contributed by atoms with Crippen LogP contribution in [0.3, 0.4) is 0 Å². The number of carbonyl (C=O) groups is 1. The zero-order valence-electron chi connectivity index (χ0n) is 13.5. The predicted molar refractivity (Wildman–Crippen MR) is 81.8 cm³/mol. The second kappa shape index (κ2) is 7.68. The number of hydrogen-bond donors (Lipinski definition) is 3. The molecular formula is C16H23F3N2O2. The highest BCUT2D eigenvalue weighted by Gasteiger charge is 2.29. The Balaban J connectivity index is 2.42. The molecule has 0 fully saturated rings. The van der Waals surface area contributed by atoms with Crippen LogP contribution < -0.4 is 10.6 Å². The lowest BCUT2D eigenvalue weighted by Crippen LogP contribution is -2.41. The van der Waals surface area contributed by atoms with Gasteiger partial charge in [-0.1, -0.05) is 26.0 Å². The Bertz CT molecular complexity index is 511. The maximum atomic E-state index is 12.4. The van der Waals surface area contributed by atoms with Crippen molar-refractivity contribution >= 4 is 6.03 Å². The highest BCUT2D eigenvalue weighted by molar-refractivity contribution is 5.73. The standard InChI is InChI=1S/C16H23F3N2O2/c1-11(22)8-15(2,3)10-21-14(23)20-9-12-4-6-13(7-5-12)16(17,18)19/h4-7,11,22H,8-10H2,1-3H3,(H2,20,21,23). The van der Waals surface area contributed by atoms with E-state index in [1.807, 2.05) is 13.8 Å². The number of benzene rings is 1. The molecule has 1 rings (SSSR count). The molecule has 1 aromatic carbocycles. The summed E-state index contributed by atoms with van der Waals surface area (Å²) in [6.07, 6.45) is -4.27. The molecule has 0 saturated heterocycles. The predicted octanol–water partition coefficient (Wildman–Crippen LogP) is 3.30. The van der Waals surface area contributed by atoms with Crippen molar-refractivity contribution in [3.05, 3.63) is 35.4 Å². The van der Waals surface area contributed by atoms with Gasteiger partial charge in [0, 0.05) is 13.1 Å². The van der Waals surface area contributed by atoms with Crippen molar-refractivity contribution in [2.75, 3.05) is 6.54 Å². The summed E-state index contributed by atoms with van der Waals surface area (Å²) in [7, 11) is 0. The minimum absolute atomic E-state index is 0.140. The minimum atomic E-state index is -4.36. The van der Waals surface area contributed by atoms with Crippen molar-refractivity contribution in [2.45, 2.75) is 46.0 Å². The first kappa shape index (κ1) is 19.3. The number of carbonyl (C=O) groups excluding carboxylic acids is 1. The van der Waals surface area contributed by atoms with Crippen LogP contribution in [0.5, 0.6) is 0 Å². The lowest BCUT2D eigenvalue weighted by atomic mass is 9.87.